The van der Waals surface area contributed by atoms with Gasteiger partial charge in [0.2, 0.25) is 0 Å². The summed E-state index contributed by atoms with van der Waals surface area (Å²) in [6, 6.07) is 6.14. The van der Waals surface area contributed by atoms with Gasteiger partial charge < -0.3 is 5.73 Å². The van der Waals surface area contributed by atoms with Gasteiger partial charge >= 0.3 is 0 Å². The summed E-state index contributed by atoms with van der Waals surface area (Å²) in [5, 5.41) is 0. The number of hydrogen-bond donors (Lipinski definition) is 1. The zero-order valence-electron chi connectivity index (χ0n) is 13.2. The van der Waals surface area contributed by atoms with Crippen molar-refractivity contribution in [3.05, 3.63) is 30.1 Å². The largest absolute Gasteiger partial charge is 0.329 e. The number of nitrogens with two attached hydrogens (primary N) is 1. The lowest BCUT2D eigenvalue weighted by atomic mass is 9.62. The third kappa shape index (κ3) is 2.89. The molecular weight excluding hydrogens is 246 g/mol. The molecule has 0 aliphatic heterocycles. The van der Waals surface area contributed by atoms with Gasteiger partial charge in [-0.15, -0.1) is 0 Å². The van der Waals surface area contributed by atoms with E-state index in [0.717, 1.165) is 19.5 Å². The summed E-state index contributed by atoms with van der Waals surface area (Å²) in [7, 11) is 2.24. The fraction of sp³-hybridized carbons (Fsp3) is 0.706. The molecular formula is C17H29N3. The Bertz CT molecular complexity index is 416. The molecule has 2 rings (SSSR count). The quantitative estimate of drug-likeness (QED) is 0.898. The molecule has 0 aromatic carbocycles. The van der Waals surface area contributed by atoms with Crippen LogP contribution in [0.2, 0.25) is 0 Å². The molecule has 1 aliphatic rings. The van der Waals surface area contributed by atoms with E-state index in [0.29, 0.717) is 5.41 Å². The van der Waals surface area contributed by atoms with Crippen molar-refractivity contribution in [2.75, 3.05) is 20.1 Å². The highest BCUT2D eigenvalue weighted by Crippen LogP contribution is 2.46. The van der Waals surface area contributed by atoms with E-state index in [1.165, 1.54) is 31.4 Å². The topological polar surface area (TPSA) is 42.2 Å². The number of hydrogen-bond acceptors (Lipinski definition) is 3. The summed E-state index contributed by atoms with van der Waals surface area (Å²) in [5.74, 6) is 0. The van der Waals surface area contributed by atoms with E-state index in [2.05, 4.69) is 42.9 Å². The minimum Gasteiger partial charge on any atom is -0.329 e. The number of aromatic nitrogens is 1. The first kappa shape index (κ1) is 15.5. The highest BCUT2D eigenvalue weighted by atomic mass is 15.2. The van der Waals surface area contributed by atoms with E-state index >= 15 is 0 Å². The molecule has 1 heterocycles. The lowest BCUT2D eigenvalue weighted by Gasteiger charge is -2.55. The number of likely N-dealkylation sites (N-methyl/N-ethyl adjacent to an activating group) is 1. The lowest BCUT2D eigenvalue weighted by molar-refractivity contribution is -0.0281. The molecule has 1 saturated carbocycles. The maximum Gasteiger partial charge on any atom is 0.0416 e. The van der Waals surface area contributed by atoms with Gasteiger partial charge in [0.1, 0.15) is 0 Å². The Hall–Kier alpha value is -0.930. The number of pyridine rings is 1. The van der Waals surface area contributed by atoms with Crippen LogP contribution in [0.15, 0.2) is 24.4 Å². The van der Waals surface area contributed by atoms with Crippen molar-refractivity contribution in [3.63, 3.8) is 0 Å². The van der Waals surface area contributed by atoms with Crippen LogP contribution < -0.4 is 5.73 Å². The smallest absolute Gasteiger partial charge is 0.0416 e. The molecule has 0 radical (unpaired) electrons. The average molecular weight is 275 g/mol. The Morgan fingerprint density at radius 1 is 1.25 bits per heavy atom. The van der Waals surface area contributed by atoms with Crippen LogP contribution in [0, 0.1) is 5.41 Å². The van der Waals surface area contributed by atoms with E-state index in [4.69, 9.17) is 5.73 Å². The van der Waals surface area contributed by atoms with Gasteiger partial charge in [-0.1, -0.05) is 32.8 Å². The molecule has 0 saturated heterocycles. The molecule has 1 fully saturated rings. The van der Waals surface area contributed by atoms with Crippen molar-refractivity contribution in [2.24, 2.45) is 11.1 Å². The Kier molecular flexibility index (Phi) is 4.82. The molecule has 0 bridgehead atoms. The predicted molar refractivity (Wildman–Crippen MR) is 84.6 cm³/mol. The first-order chi connectivity index (χ1) is 9.52. The average Bonchev–Trinajstić information content (AvgIpc) is 2.46. The zero-order valence-corrected chi connectivity index (χ0v) is 13.2. The molecule has 0 amide bonds. The van der Waals surface area contributed by atoms with E-state index in [1.807, 2.05) is 12.3 Å². The van der Waals surface area contributed by atoms with Crippen molar-refractivity contribution in [3.8, 4) is 0 Å². The summed E-state index contributed by atoms with van der Waals surface area (Å²) in [4.78, 5) is 6.92. The maximum atomic E-state index is 6.23. The molecule has 0 spiro atoms. The van der Waals surface area contributed by atoms with Gasteiger partial charge in [0, 0.05) is 36.9 Å². The first-order valence-corrected chi connectivity index (χ1v) is 7.83. The van der Waals surface area contributed by atoms with E-state index in [-0.39, 0.29) is 5.54 Å². The fourth-order valence-corrected chi connectivity index (χ4v) is 3.84. The van der Waals surface area contributed by atoms with Crippen molar-refractivity contribution in [1.29, 1.82) is 0 Å². The van der Waals surface area contributed by atoms with Crippen LogP contribution in [0.25, 0.3) is 0 Å². The monoisotopic (exact) mass is 275 g/mol. The second kappa shape index (κ2) is 6.23. The second-order valence-corrected chi connectivity index (χ2v) is 6.82. The van der Waals surface area contributed by atoms with E-state index in [9.17, 15) is 0 Å². The summed E-state index contributed by atoms with van der Waals surface area (Å²) < 4.78 is 0. The van der Waals surface area contributed by atoms with Gasteiger partial charge in [0.25, 0.3) is 0 Å². The standard InChI is InChI=1S/C17H29N3/c1-16(2)10-5-6-11-17(16,14-18)20(3)13-9-15-8-4-7-12-19-15/h4,7-8,12H,5-6,9-11,13-14,18H2,1-3H3. The number of nitrogens with zero attached hydrogens (tertiary/aromatic N) is 2. The van der Waals surface area contributed by atoms with E-state index < -0.39 is 0 Å². The Balaban J connectivity index is 2.06. The molecule has 3 heteroatoms. The highest BCUT2D eigenvalue weighted by Gasteiger charge is 2.47. The maximum absolute atomic E-state index is 6.23. The zero-order chi connectivity index (χ0) is 14.6. The summed E-state index contributed by atoms with van der Waals surface area (Å²) in [6.07, 6.45) is 8.00. The van der Waals surface area contributed by atoms with Gasteiger partial charge in [-0.3, -0.25) is 9.88 Å². The van der Waals surface area contributed by atoms with Gasteiger partial charge in [0.15, 0.2) is 0 Å². The second-order valence-electron chi connectivity index (χ2n) is 6.82. The lowest BCUT2D eigenvalue weighted by Crippen LogP contribution is -2.62. The Morgan fingerprint density at radius 2 is 2.00 bits per heavy atom. The van der Waals surface area contributed by atoms with Gasteiger partial charge in [0.05, 0.1) is 0 Å². The molecule has 1 atom stereocenters. The first-order valence-electron chi connectivity index (χ1n) is 7.83. The molecule has 2 N–H and O–H groups in total. The normalized spacial score (nSPS) is 25.9. The Morgan fingerprint density at radius 3 is 2.60 bits per heavy atom. The van der Waals surface area contributed by atoms with Crippen molar-refractivity contribution in [1.82, 2.24) is 9.88 Å². The third-order valence-corrected chi connectivity index (χ3v) is 5.40. The van der Waals surface area contributed by atoms with Gasteiger partial charge in [-0.05, 0) is 37.4 Å². The SMILES string of the molecule is CN(CCc1ccccn1)C1(CN)CCCCC1(C)C. The van der Waals surface area contributed by atoms with Crippen LogP contribution in [0.1, 0.15) is 45.2 Å². The highest BCUT2D eigenvalue weighted by molar-refractivity contribution is 5.07. The van der Waals surface area contributed by atoms with Crippen LogP contribution in [-0.2, 0) is 6.42 Å². The van der Waals surface area contributed by atoms with Crippen LogP contribution in [0.5, 0.6) is 0 Å². The molecule has 112 valence electrons. The molecule has 20 heavy (non-hydrogen) atoms. The fourth-order valence-electron chi connectivity index (χ4n) is 3.84. The third-order valence-electron chi connectivity index (χ3n) is 5.40. The predicted octanol–water partition coefficient (Wildman–Crippen LogP) is 2.85. The van der Waals surface area contributed by atoms with Crippen LogP contribution in [0.4, 0.5) is 0 Å². The molecule has 1 aromatic heterocycles. The molecule has 1 aromatic rings. The summed E-state index contributed by atoms with van der Waals surface area (Å²) in [6.45, 7) is 6.54. The van der Waals surface area contributed by atoms with Crippen molar-refractivity contribution >= 4 is 0 Å². The minimum atomic E-state index is 0.139. The van der Waals surface area contributed by atoms with Crippen molar-refractivity contribution in [2.45, 2.75) is 51.5 Å². The van der Waals surface area contributed by atoms with Gasteiger partial charge in [-0.2, -0.15) is 0 Å². The molecule has 3 nitrogen and oxygen atoms in total. The van der Waals surface area contributed by atoms with E-state index in [1.54, 1.807) is 0 Å². The van der Waals surface area contributed by atoms with Crippen molar-refractivity contribution < 1.29 is 0 Å². The summed E-state index contributed by atoms with van der Waals surface area (Å²) in [5.41, 5.74) is 7.82. The summed E-state index contributed by atoms with van der Waals surface area (Å²) >= 11 is 0. The Labute approximate surface area is 123 Å². The van der Waals surface area contributed by atoms with Crippen LogP contribution in [-0.4, -0.2) is 35.6 Å². The molecule has 1 aliphatic carbocycles. The van der Waals surface area contributed by atoms with Crippen LogP contribution in [0.3, 0.4) is 0 Å². The minimum absolute atomic E-state index is 0.139. The van der Waals surface area contributed by atoms with Gasteiger partial charge in [-0.25, -0.2) is 0 Å². The molecule has 1 unspecified atom stereocenters. The van der Waals surface area contributed by atoms with Crippen LogP contribution >= 0.6 is 0 Å². The number of rotatable bonds is 5.